The summed E-state index contributed by atoms with van der Waals surface area (Å²) in [7, 11) is 0. The number of nitrogens with zero attached hydrogens (tertiary/aromatic N) is 3. The number of halogens is 1. The lowest BCUT2D eigenvalue weighted by Gasteiger charge is -2.16. The molecule has 0 spiro atoms. The van der Waals surface area contributed by atoms with Crippen molar-refractivity contribution in [2.45, 2.75) is 19.3 Å². The van der Waals surface area contributed by atoms with Crippen LogP contribution in [-0.4, -0.2) is 40.0 Å². The summed E-state index contributed by atoms with van der Waals surface area (Å²) in [6.45, 7) is 2.29. The van der Waals surface area contributed by atoms with E-state index in [1.54, 1.807) is 0 Å². The maximum atomic E-state index is 12.6. The monoisotopic (exact) mass is 384 g/mol. The van der Waals surface area contributed by atoms with Gasteiger partial charge in [-0.1, -0.05) is 30.3 Å². The highest BCUT2D eigenvalue weighted by atomic mass is 35.5. The molecule has 6 heteroatoms. The van der Waals surface area contributed by atoms with Gasteiger partial charge < -0.3 is 10.6 Å². The molecule has 27 heavy (non-hydrogen) atoms. The predicted molar refractivity (Wildman–Crippen MR) is 110 cm³/mol. The zero-order valence-electron chi connectivity index (χ0n) is 15.3. The second kappa shape index (κ2) is 8.55. The Labute approximate surface area is 165 Å². The van der Waals surface area contributed by atoms with Crippen LogP contribution in [0.25, 0.3) is 16.7 Å². The molecule has 2 heterocycles. The third-order valence-corrected chi connectivity index (χ3v) is 5.18. The van der Waals surface area contributed by atoms with Gasteiger partial charge in [0, 0.05) is 31.6 Å². The first kappa shape index (κ1) is 19.4. The average molecular weight is 385 g/mol. The molecular weight excluding hydrogens is 360 g/mol. The minimum absolute atomic E-state index is 0. The lowest BCUT2D eigenvalue weighted by molar-refractivity contribution is -0.130. The molecule has 142 valence electrons. The Morgan fingerprint density at radius 2 is 1.85 bits per heavy atom. The highest BCUT2D eigenvalue weighted by molar-refractivity contribution is 5.85. The molecule has 1 amide bonds. The smallest absolute Gasteiger partial charge is 0.223 e. The van der Waals surface area contributed by atoms with Gasteiger partial charge in [-0.2, -0.15) is 0 Å². The molecule has 1 aromatic heterocycles. The number of hydrogen-bond acceptors (Lipinski definition) is 3. The number of para-hydroxylation sites is 3. The molecule has 1 unspecified atom stereocenters. The predicted octanol–water partition coefficient (Wildman–Crippen LogP) is 3.19. The van der Waals surface area contributed by atoms with Crippen LogP contribution in [0.4, 0.5) is 0 Å². The third-order valence-electron chi connectivity index (χ3n) is 5.18. The number of likely N-dealkylation sites (tertiary alicyclic amines) is 1. The van der Waals surface area contributed by atoms with Crippen LogP contribution in [0.2, 0.25) is 0 Å². The molecule has 1 aliphatic heterocycles. The second-order valence-corrected chi connectivity index (χ2v) is 6.92. The average Bonchev–Trinajstić information content (AvgIpc) is 3.31. The molecule has 1 atom stereocenters. The van der Waals surface area contributed by atoms with Gasteiger partial charge in [0.25, 0.3) is 0 Å². The summed E-state index contributed by atoms with van der Waals surface area (Å²) in [5.74, 6) is 1.58. The van der Waals surface area contributed by atoms with E-state index in [1.165, 1.54) is 0 Å². The van der Waals surface area contributed by atoms with Gasteiger partial charge in [0.05, 0.1) is 11.0 Å². The maximum Gasteiger partial charge on any atom is 0.223 e. The second-order valence-electron chi connectivity index (χ2n) is 6.92. The molecule has 1 saturated heterocycles. The minimum atomic E-state index is 0. The van der Waals surface area contributed by atoms with Crippen LogP contribution in [0.1, 0.15) is 18.7 Å². The van der Waals surface area contributed by atoms with Gasteiger partial charge in [0.2, 0.25) is 5.91 Å². The van der Waals surface area contributed by atoms with Crippen molar-refractivity contribution < 1.29 is 4.79 Å². The van der Waals surface area contributed by atoms with Gasteiger partial charge in [-0.15, -0.1) is 12.4 Å². The zero-order valence-corrected chi connectivity index (χ0v) is 16.1. The summed E-state index contributed by atoms with van der Waals surface area (Å²) in [6, 6.07) is 18.3. The van der Waals surface area contributed by atoms with Crippen LogP contribution in [0.15, 0.2) is 54.6 Å². The van der Waals surface area contributed by atoms with Crippen LogP contribution in [0.5, 0.6) is 0 Å². The number of fused-ring (bicyclic) bond motifs is 1. The summed E-state index contributed by atoms with van der Waals surface area (Å²) in [5, 5.41) is 0. The van der Waals surface area contributed by atoms with E-state index in [1.807, 2.05) is 41.3 Å². The van der Waals surface area contributed by atoms with Crippen molar-refractivity contribution in [2.24, 2.45) is 11.7 Å². The largest absolute Gasteiger partial charge is 0.342 e. The lowest BCUT2D eigenvalue weighted by atomic mass is 10.1. The van der Waals surface area contributed by atoms with Gasteiger partial charge in [-0.05, 0) is 43.1 Å². The lowest BCUT2D eigenvalue weighted by Crippen LogP contribution is -2.30. The van der Waals surface area contributed by atoms with Crippen LogP contribution in [0.3, 0.4) is 0 Å². The summed E-state index contributed by atoms with van der Waals surface area (Å²) in [5.41, 5.74) is 8.85. The number of carbonyl (C=O) groups is 1. The number of carbonyl (C=O) groups excluding carboxylic acids is 1. The fourth-order valence-corrected chi connectivity index (χ4v) is 3.74. The summed E-state index contributed by atoms with van der Waals surface area (Å²) >= 11 is 0. The number of imidazole rings is 1. The first-order chi connectivity index (χ1) is 12.8. The Morgan fingerprint density at radius 1 is 1.11 bits per heavy atom. The van der Waals surface area contributed by atoms with E-state index in [9.17, 15) is 4.79 Å². The van der Waals surface area contributed by atoms with Crippen molar-refractivity contribution in [2.75, 3.05) is 19.6 Å². The van der Waals surface area contributed by atoms with E-state index < -0.39 is 0 Å². The van der Waals surface area contributed by atoms with Crippen LogP contribution >= 0.6 is 12.4 Å². The van der Waals surface area contributed by atoms with Crippen LogP contribution < -0.4 is 5.73 Å². The van der Waals surface area contributed by atoms with Crippen molar-refractivity contribution in [1.82, 2.24) is 14.5 Å². The molecule has 2 N–H and O–H groups in total. The molecule has 0 bridgehead atoms. The number of benzene rings is 2. The van der Waals surface area contributed by atoms with Crippen molar-refractivity contribution >= 4 is 29.3 Å². The number of rotatable bonds is 5. The van der Waals surface area contributed by atoms with E-state index in [-0.39, 0.29) is 18.3 Å². The van der Waals surface area contributed by atoms with E-state index in [4.69, 9.17) is 10.7 Å². The Kier molecular flexibility index (Phi) is 6.14. The number of nitrogens with two attached hydrogens (primary N) is 1. The summed E-state index contributed by atoms with van der Waals surface area (Å²) in [4.78, 5) is 19.3. The highest BCUT2D eigenvalue weighted by Gasteiger charge is 2.25. The standard InChI is InChI=1S/C21H24N4O.ClH/c22-14-16-12-13-24(15-16)21(26)11-10-20-23-18-8-4-5-9-19(18)25(20)17-6-2-1-3-7-17;/h1-9,16H,10-15,22H2;1H. The molecule has 0 aliphatic carbocycles. The number of hydrogen-bond donors (Lipinski definition) is 1. The van der Waals surface area contributed by atoms with Gasteiger partial charge in [-0.3, -0.25) is 9.36 Å². The quantitative estimate of drug-likeness (QED) is 0.734. The van der Waals surface area contributed by atoms with Gasteiger partial charge in [0.15, 0.2) is 0 Å². The fraction of sp³-hybridized carbons (Fsp3) is 0.333. The molecule has 0 saturated carbocycles. The number of aryl methyl sites for hydroxylation is 1. The fourth-order valence-electron chi connectivity index (χ4n) is 3.74. The zero-order chi connectivity index (χ0) is 17.9. The molecular formula is C21H25ClN4O. The van der Waals surface area contributed by atoms with Crippen LogP contribution in [-0.2, 0) is 11.2 Å². The first-order valence-electron chi connectivity index (χ1n) is 9.26. The topological polar surface area (TPSA) is 64.2 Å². The molecule has 4 rings (SSSR count). The van der Waals surface area contributed by atoms with Crippen molar-refractivity contribution in [3.8, 4) is 5.69 Å². The van der Waals surface area contributed by atoms with E-state index in [0.29, 0.717) is 25.3 Å². The van der Waals surface area contributed by atoms with Crippen molar-refractivity contribution in [1.29, 1.82) is 0 Å². The van der Waals surface area contributed by atoms with E-state index in [2.05, 4.69) is 22.8 Å². The Bertz CT molecular complexity index is 909. The summed E-state index contributed by atoms with van der Waals surface area (Å²) in [6.07, 6.45) is 2.13. The van der Waals surface area contributed by atoms with Crippen LogP contribution in [0, 0.1) is 5.92 Å². The van der Waals surface area contributed by atoms with Crippen molar-refractivity contribution in [3.63, 3.8) is 0 Å². The Balaban J connectivity index is 0.00000210. The highest BCUT2D eigenvalue weighted by Crippen LogP contribution is 2.23. The molecule has 2 aromatic carbocycles. The molecule has 0 radical (unpaired) electrons. The van der Waals surface area contributed by atoms with Gasteiger partial charge in [-0.25, -0.2) is 4.98 Å². The number of aromatic nitrogens is 2. The molecule has 1 aliphatic rings. The third kappa shape index (κ3) is 3.99. The molecule has 1 fully saturated rings. The van der Waals surface area contributed by atoms with E-state index in [0.717, 1.165) is 42.1 Å². The Morgan fingerprint density at radius 3 is 2.59 bits per heavy atom. The van der Waals surface area contributed by atoms with Gasteiger partial charge >= 0.3 is 0 Å². The SMILES string of the molecule is Cl.NCC1CCN(C(=O)CCc2nc3ccccc3n2-c2ccccc2)C1. The minimum Gasteiger partial charge on any atom is -0.342 e. The molecule has 3 aromatic rings. The van der Waals surface area contributed by atoms with E-state index >= 15 is 0 Å². The normalized spacial score (nSPS) is 16.5. The Hall–Kier alpha value is -2.37. The first-order valence-corrected chi connectivity index (χ1v) is 9.26. The molecule has 5 nitrogen and oxygen atoms in total. The number of amides is 1. The maximum absolute atomic E-state index is 12.6. The summed E-state index contributed by atoms with van der Waals surface area (Å²) < 4.78 is 2.16. The van der Waals surface area contributed by atoms with Gasteiger partial charge in [0.1, 0.15) is 5.82 Å². The van der Waals surface area contributed by atoms with Crippen molar-refractivity contribution in [3.05, 3.63) is 60.4 Å².